The molecule has 0 unspecified atom stereocenters. The molecule has 2 atom stereocenters. The summed E-state index contributed by atoms with van der Waals surface area (Å²) in [6, 6.07) is 15.9. The van der Waals surface area contributed by atoms with Crippen LogP contribution >= 0.6 is 0 Å². The number of hydrogen-bond donors (Lipinski definition) is 1. The summed E-state index contributed by atoms with van der Waals surface area (Å²) in [7, 11) is 0. The fourth-order valence-electron chi connectivity index (χ4n) is 4.03. The van der Waals surface area contributed by atoms with Gasteiger partial charge in [-0.2, -0.15) is 0 Å². The Morgan fingerprint density at radius 1 is 1.21 bits per heavy atom. The van der Waals surface area contributed by atoms with Gasteiger partial charge in [0.15, 0.2) is 0 Å². The molecular weight excluding hydrogens is 433 g/mol. The van der Waals surface area contributed by atoms with Gasteiger partial charge in [0.25, 0.3) is 0 Å². The number of cyclic esters (lactones) is 1. The number of aromatic nitrogens is 1. The molecule has 1 N–H and O–H groups in total. The van der Waals surface area contributed by atoms with Crippen LogP contribution in [0.25, 0.3) is 17.2 Å². The summed E-state index contributed by atoms with van der Waals surface area (Å²) in [5.74, 6) is 0.132. The summed E-state index contributed by atoms with van der Waals surface area (Å²) in [5.41, 5.74) is 4.51. The van der Waals surface area contributed by atoms with Gasteiger partial charge in [-0.25, -0.2) is 4.39 Å². The molecule has 34 heavy (non-hydrogen) atoms. The fourth-order valence-corrected chi connectivity index (χ4v) is 4.03. The number of rotatable bonds is 7. The first-order valence-electron chi connectivity index (χ1n) is 11.4. The summed E-state index contributed by atoms with van der Waals surface area (Å²) in [5, 5.41) is 9.95. The molecule has 0 bridgehead atoms. The largest absolute Gasteiger partial charge is 0.487 e. The minimum Gasteiger partial charge on any atom is -0.487 e. The van der Waals surface area contributed by atoms with Crippen LogP contribution in [0.4, 0.5) is 4.39 Å². The SMILES string of the molecule is CC(C)c1cc(OCc2ccccn2)cc(-c2ccc(F)cc2)c1/C=C/[C@H]1C[C@H](O)CC(=O)O1. The molecule has 0 radical (unpaired) electrons. The van der Waals surface area contributed by atoms with Crippen molar-refractivity contribution in [3.63, 3.8) is 0 Å². The second kappa shape index (κ2) is 10.6. The van der Waals surface area contributed by atoms with Gasteiger partial charge in [0.1, 0.15) is 24.3 Å². The van der Waals surface area contributed by atoms with Crippen LogP contribution < -0.4 is 4.74 Å². The van der Waals surface area contributed by atoms with Crippen molar-refractivity contribution in [1.82, 2.24) is 4.98 Å². The van der Waals surface area contributed by atoms with Crippen LogP contribution in [0.15, 0.2) is 66.9 Å². The van der Waals surface area contributed by atoms with Crippen LogP contribution in [0.5, 0.6) is 5.75 Å². The third kappa shape index (κ3) is 5.88. The van der Waals surface area contributed by atoms with Crippen LogP contribution in [0.2, 0.25) is 0 Å². The highest BCUT2D eigenvalue weighted by Gasteiger charge is 2.25. The molecule has 3 aromatic rings. The molecule has 1 aliphatic rings. The van der Waals surface area contributed by atoms with E-state index in [-0.39, 0.29) is 18.2 Å². The Bertz CT molecular complexity index is 1160. The van der Waals surface area contributed by atoms with Gasteiger partial charge in [0.2, 0.25) is 0 Å². The van der Waals surface area contributed by atoms with E-state index in [2.05, 4.69) is 18.8 Å². The van der Waals surface area contributed by atoms with Gasteiger partial charge in [-0.15, -0.1) is 0 Å². The Hall–Kier alpha value is -3.51. The number of nitrogens with zero attached hydrogens (tertiary/aromatic N) is 1. The molecule has 0 spiro atoms. The summed E-state index contributed by atoms with van der Waals surface area (Å²) in [6.07, 6.45) is 4.62. The zero-order valence-corrected chi connectivity index (χ0v) is 19.3. The maximum absolute atomic E-state index is 13.6. The van der Waals surface area contributed by atoms with Gasteiger partial charge >= 0.3 is 5.97 Å². The van der Waals surface area contributed by atoms with E-state index >= 15 is 0 Å². The molecule has 0 saturated carbocycles. The molecule has 0 aliphatic carbocycles. The average molecular weight is 462 g/mol. The number of benzene rings is 2. The number of halogens is 1. The van der Waals surface area contributed by atoms with Gasteiger partial charge in [-0.05, 0) is 70.6 Å². The first-order chi connectivity index (χ1) is 16.4. The van der Waals surface area contributed by atoms with Crippen LogP contribution in [0.1, 0.15) is 49.4 Å². The maximum Gasteiger partial charge on any atom is 0.309 e. The predicted molar refractivity (Wildman–Crippen MR) is 129 cm³/mol. The Labute approximate surface area is 198 Å². The van der Waals surface area contributed by atoms with Crippen LogP contribution in [0, 0.1) is 5.82 Å². The van der Waals surface area contributed by atoms with Gasteiger partial charge in [0.05, 0.1) is 18.2 Å². The number of pyridine rings is 1. The summed E-state index contributed by atoms with van der Waals surface area (Å²) < 4.78 is 25.1. The molecule has 2 heterocycles. The topological polar surface area (TPSA) is 68.7 Å². The number of carbonyl (C=O) groups is 1. The van der Waals surface area contributed by atoms with Crippen molar-refractivity contribution in [2.24, 2.45) is 0 Å². The second-order valence-electron chi connectivity index (χ2n) is 8.73. The molecule has 176 valence electrons. The van der Waals surface area contributed by atoms with E-state index < -0.39 is 18.2 Å². The molecule has 1 fully saturated rings. The molecule has 1 saturated heterocycles. The number of esters is 1. The third-order valence-corrected chi connectivity index (χ3v) is 5.74. The Kier molecular flexibility index (Phi) is 7.38. The first kappa shape index (κ1) is 23.6. The van der Waals surface area contributed by atoms with Crippen molar-refractivity contribution in [3.05, 3.63) is 89.5 Å². The zero-order chi connectivity index (χ0) is 24.1. The van der Waals surface area contributed by atoms with E-state index in [0.29, 0.717) is 18.8 Å². The van der Waals surface area contributed by atoms with Crippen molar-refractivity contribution in [2.75, 3.05) is 0 Å². The van der Waals surface area contributed by atoms with Crippen LogP contribution in [-0.2, 0) is 16.1 Å². The zero-order valence-electron chi connectivity index (χ0n) is 19.3. The summed E-state index contributed by atoms with van der Waals surface area (Å²) in [6.45, 7) is 4.51. The van der Waals surface area contributed by atoms with Gasteiger partial charge < -0.3 is 14.6 Å². The lowest BCUT2D eigenvalue weighted by Crippen LogP contribution is -2.31. The average Bonchev–Trinajstić information content (AvgIpc) is 2.82. The van der Waals surface area contributed by atoms with Crippen LogP contribution in [-0.4, -0.2) is 28.3 Å². The highest BCUT2D eigenvalue weighted by molar-refractivity contribution is 5.79. The molecule has 0 amide bonds. The van der Waals surface area contributed by atoms with Crippen molar-refractivity contribution in [3.8, 4) is 16.9 Å². The molecule has 6 heteroatoms. The number of ether oxygens (including phenoxy) is 2. The quantitative estimate of drug-likeness (QED) is 0.459. The summed E-state index contributed by atoms with van der Waals surface area (Å²) in [4.78, 5) is 16.1. The van der Waals surface area contributed by atoms with Gasteiger partial charge in [0, 0.05) is 12.6 Å². The molecule has 1 aromatic heterocycles. The Balaban J connectivity index is 1.73. The lowest BCUT2D eigenvalue weighted by molar-refractivity contribution is -0.156. The lowest BCUT2D eigenvalue weighted by Gasteiger charge is -2.24. The van der Waals surface area contributed by atoms with E-state index in [9.17, 15) is 14.3 Å². The summed E-state index contributed by atoms with van der Waals surface area (Å²) >= 11 is 0. The second-order valence-corrected chi connectivity index (χ2v) is 8.73. The predicted octanol–water partition coefficient (Wildman–Crippen LogP) is 5.67. The molecule has 2 aromatic carbocycles. The highest BCUT2D eigenvalue weighted by Crippen LogP contribution is 2.36. The monoisotopic (exact) mass is 461 g/mol. The maximum atomic E-state index is 13.6. The van der Waals surface area contributed by atoms with Gasteiger partial charge in [-0.3, -0.25) is 9.78 Å². The van der Waals surface area contributed by atoms with E-state index in [1.54, 1.807) is 18.3 Å². The number of carbonyl (C=O) groups excluding carboxylic acids is 1. The minimum atomic E-state index is -0.709. The molecular formula is C28H28FNO4. The van der Waals surface area contributed by atoms with Crippen molar-refractivity contribution in [2.45, 2.75) is 51.4 Å². The Morgan fingerprint density at radius 2 is 2.00 bits per heavy atom. The van der Waals surface area contributed by atoms with Crippen molar-refractivity contribution in [1.29, 1.82) is 0 Å². The fraction of sp³-hybridized carbons (Fsp3) is 0.286. The van der Waals surface area contributed by atoms with E-state index in [0.717, 1.165) is 27.9 Å². The van der Waals surface area contributed by atoms with Crippen LogP contribution in [0.3, 0.4) is 0 Å². The van der Waals surface area contributed by atoms with E-state index in [4.69, 9.17) is 9.47 Å². The molecule has 1 aliphatic heterocycles. The molecule has 5 nitrogen and oxygen atoms in total. The number of hydrogen-bond acceptors (Lipinski definition) is 5. The highest BCUT2D eigenvalue weighted by atomic mass is 19.1. The minimum absolute atomic E-state index is 0.0186. The van der Waals surface area contributed by atoms with Crippen molar-refractivity contribution < 1.29 is 23.8 Å². The smallest absolute Gasteiger partial charge is 0.309 e. The van der Waals surface area contributed by atoms with Gasteiger partial charge in [-0.1, -0.05) is 38.1 Å². The molecule has 4 rings (SSSR count). The number of aliphatic hydroxyl groups excluding tert-OH is 1. The van der Waals surface area contributed by atoms with E-state index in [1.807, 2.05) is 42.5 Å². The van der Waals surface area contributed by atoms with E-state index in [1.165, 1.54) is 12.1 Å². The lowest BCUT2D eigenvalue weighted by atomic mass is 9.89. The number of aliphatic hydroxyl groups is 1. The normalized spacial score (nSPS) is 18.3. The standard InChI is InChI=1S/C28H28FNO4/c1-18(2)26-15-24(33-17-21-5-3-4-12-30-21)16-27(19-6-8-20(29)9-7-19)25(26)11-10-23-13-22(31)14-28(32)34-23/h3-12,15-16,18,22-23,31H,13-14,17H2,1-2H3/b11-10+/t22-,23-/m0/s1. The third-order valence-electron chi connectivity index (χ3n) is 5.74. The first-order valence-corrected chi connectivity index (χ1v) is 11.4. The Morgan fingerprint density at radius 3 is 2.68 bits per heavy atom. The van der Waals surface area contributed by atoms with Crippen molar-refractivity contribution >= 4 is 12.0 Å².